The van der Waals surface area contributed by atoms with E-state index < -0.39 is 6.10 Å². The maximum absolute atomic E-state index is 12.9. The average molecular weight is 409 g/mol. The van der Waals surface area contributed by atoms with Crippen molar-refractivity contribution in [3.05, 3.63) is 48.2 Å². The van der Waals surface area contributed by atoms with Gasteiger partial charge >= 0.3 is 0 Å². The quantitative estimate of drug-likeness (QED) is 0.786. The molecule has 2 heterocycles. The molecule has 30 heavy (non-hydrogen) atoms. The minimum Gasteiger partial charge on any atom is -0.479 e. The Kier molecular flexibility index (Phi) is 6.91. The van der Waals surface area contributed by atoms with Crippen LogP contribution in [-0.2, 0) is 9.53 Å². The number of nitriles is 1. The van der Waals surface area contributed by atoms with Crippen LogP contribution in [0.15, 0.2) is 42.6 Å². The number of ether oxygens (including phenoxy) is 2. The monoisotopic (exact) mass is 408 g/mol. The highest BCUT2D eigenvalue weighted by Gasteiger charge is 2.26. The molecule has 7 nitrogen and oxygen atoms in total. The Morgan fingerprint density at radius 3 is 2.53 bits per heavy atom. The average Bonchev–Trinajstić information content (AvgIpc) is 2.71. The van der Waals surface area contributed by atoms with Gasteiger partial charge in [0.2, 0.25) is 0 Å². The molecule has 1 fully saturated rings. The summed E-state index contributed by atoms with van der Waals surface area (Å²) in [4.78, 5) is 19.6. The molecule has 1 saturated heterocycles. The number of amides is 1. The van der Waals surface area contributed by atoms with Crippen LogP contribution in [-0.4, -0.2) is 42.3 Å². The van der Waals surface area contributed by atoms with Gasteiger partial charge in [-0.2, -0.15) is 5.26 Å². The molecular weight excluding hydrogens is 380 g/mol. The van der Waals surface area contributed by atoms with E-state index in [9.17, 15) is 10.1 Å². The third-order valence-corrected chi connectivity index (χ3v) is 4.88. The summed E-state index contributed by atoms with van der Waals surface area (Å²) in [7, 11) is 0. The van der Waals surface area contributed by atoms with Gasteiger partial charge in [-0.15, -0.1) is 0 Å². The summed E-state index contributed by atoms with van der Waals surface area (Å²) in [5, 5.41) is 12.1. The van der Waals surface area contributed by atoms with E-state index in [1.165, 1.54) is 0 Å². The Balaban J connectivity index is 1.68. The van der Waals surface area contributed by atoms with E-state index >= 15 is 0 Å². The van der Waals surface area contributed by atoms with Crippen molar-refractivity contribution >= 4 is 17.4 Å². The van der Waals surface area contributed by atoms with E-state index in [4.69, 9.17) is 9.47 Å². The standard InChI is InChI=1S/C23H28N4O3/c1-15(2)22(30-20-8-6-5-7-18(20)11-24)23(28)26-19-9-10-21(25-12-19)27-13-16(3)29-17(4)14-27/h5-10,12,15-17,22H,13-14H2,1-4H3,(H,26,28). The molecule has 1 amide bonds. The largest absolute Gasteiger partial charge is 0.479 e. The van der Waals surface area contributed by atoms with Gasteiger partial charge in [-0.25, -0.2) is 4.98 Å². The Bertz CT molecular complexity index is 897. The highest BCUT2D eigenvalue weighted by Crippen LogP contribution is 2.23. The van der Waals surface area contributed by atoms with Gasteiger partial charge in [0, 0.05) is 13.1 Å². The maximum atomic E-state index is 12.9. The van der Waals surface area contributed by atoms with Crippen LogP contribution in [0.25, 0.3) is 0 Å². The molecule has 7 heteroatoms. The zero-order valence-electron chi connectivity index (χ0n) is 17.8. The molecule has 2 aromatic rings. The summed E-state index contributed by atoms with van der Waals surface area (Å²) in [5.74, 6) is 0.897. The summed E-state index contributed by atoms with van der Waals surface area (Å²) in [6, 6.07) is 12.7. The van der Waals surface area contributed by atoms with E-state index in [2.05, 4.69) is 21.3 Å². The van der Waals surface area contributed by atoms with Crippen LogP contribution in [0, 0.1) is 17.2 Å². The Morgan fingerprint density at radius 2 is 1.93 bits per heavy atom. The second-order valence-electron chi connectivity index (χ2n) is 7.95. The van der Waals surface area contributed by atoms with Crippen molar-refractivity contribution in [2.45, 2.75) is 46.0 Å². The minimum atomic E-state index is -0.736. The number of pyridine rings is 1. The number of benzene rings is 1. The number of anilines is 2. The molecular formula is C23H28N4O3. The first-order valence-corrected chi connectivity index (χ1v) is 10.2. The smallest absolute Gasteiger partial charge is 0.265 e. The first kappa shape index (κ1) is 21.6. The summed E-state index contributed by atoms with van der Waals surface area (Å²) >= 11 is 0. The van der Waals surface area contributed by atoms with Crippen molar-refractivity contribution in [3.8, 4) is 11.8 Å². The molecule has 1 aliphatic rings. The fourth-order valence-electron chi connectivity index (χ4n) is 3.52. The molecule has 1 N–H and O–H groups in total. The molecule has 0 bridgehead atoms. The van der Waals surface area contributed by atoms with Gasteiger partial charge in [-0.05, 0) is 44.0 Å². The van der Waals surface area contributed by atoms with E-state index in [0.717, 1.165) is 18.9 Å². The van der Waals surface area contributed by atoms with Gasteiger partial charge in [0.25, 0.3) is 5.91 Å². The third-order valence-electron chi connectivity index (χ3n) is 4.88. The number of carbonyl (C=O) groups excluding carboxylic acids is 1. The molecule has 0 aliphatic carbocycles. The van der Waals surface area contributed by atoms with Gasteiger partial charge in [-0.1, -0.05) is 26.0 Å². The molecule has 3 atom stereocenters. The SMILES string of the molecule is CC1CN(c2ccc(NC(=O)C(Oc3ccccc3C#N)C(C)C)cn2)CC(C)O1. The van der Waals surface area contributed by atoms with E-state index in [-0.39, 0.29) is 24.0 Å². The van der Waals surface area contributed by atoms with Crippen LogP contribution in [0.3, 0.4) is 0 Å². The van der Waals surface area contributed by atoms with Gasteiger partial charge < -0.3 is 19.7 Å². The van der Waals surface area contributed by atoms with Gasteiger partial charge in [0.1, 0.15) is 17.6 Å². The fraction of sp³-hybridized carbons (Fsp3) is 0.435. The fourth-order valence-corrected chi connectivity index (χ4v) is 3.52. The zero-order chi connectivity index (χ0) is 21.7. The van der Waals surface area contributed by atoms with Crippen LogP contribution in [0.5, 0.6) is 5.75 Å². The van der Waals surface area contributed by atoms with Crippen LogP contribution in [0.1, 0.15) is 33.3 Å². The van der Waals surface area contributed by atoms with Crippen LogP contribution >= 0.6 is 0 Å². The number of aromatic nitrogens is 1. The van der Waals surface area contributed by atoms with Gasteiger partial charge in [0.05, 0.1) is 29.7 Å². The molecule has 0 radical (unpaired) electrons. The zero-order valence-corrected chi connectivity index (χ0v) is 17.8. The third kappa shape index (κ3) is 5.28. The highest BCUT2D eigenvalue weighted by molar-refractivity contribution is 5.94. The van der Waals surface area contributed by atoms with Crippen LogP contribution in [0.2, 0.25) is 0 Å². The number of rotatable bonds is 6. The minimum absolute atomic E-state index is 0.0830. The lowest BCUT2D eigenvalue weighted by Crippen LogP contribution is -2.45. The predicted octanol–water partition coefficient (Wildman–Crippen LogP) is 3.61. The molecule has 1 aromatic carbocycles. The Morgan fingerprint density at radius 1 is 1.23 bits per heavy atom. The van der Waals surface area contributed by atoms with Crippen molar-refractivity contribution in [1.29, 1.82) is 5.26 Å². The summed E-state index contributed by atoms with van der Waals surface area (Å²) < 4.78 is 11.7. The summed E-state index contributed by atoms with van der Waals surface area (Å²) in [6.07, 6.45) is 1.21. The molecule has 0 spiro atoms. The maximum Gasteiger partial charge on any atom is 0.265 e. The van der Waals surface area contributed by atoms with Crippen molar-refractivity contribution in [2.24, 2.45) is 5.92 Å². The first-order chi connectivity index (χ1) is 14.4. The number of nitrogens with one attached hydrogen (secondary N) is 1. The number of para-hydroxylation sites is 1. The number of hydrogen-bond donors (Lipinski definition) is 1. The highest BCUT2D eigenvalue weighted by atomic mass is 16.5. The Labute approximate surface area is 177 Å². The molecule has 1 aromatic heterocycles. The summed E-state index contributed by atoms with van der Waals surface area (Å²) in [5.41, 5.74) is 0.997. The molecule has 3 unspecified atom stereocenters. The Hall–Kier alpha value is -3.11. The first-order valence-electron chi connectivity index (χ1n) is 10.2. The number of nitrogens with zero attached hydrogens (tertiary/aromatic N) is 3. The van der Waals surface area contributed by atoms with E-state index in [1.54, 1.807) is 30.5 Å². The van der Waals surface area contributed by atoms with E-state index in [1.807, 2.05) is 39.8 Å². The molecule has 158 valence electrons. The lowest BCUT2D eigenvalue weighted by Gasteiger charge is -2.36. The lowest BCUT2D eigenvalue weighted by molar-refractivity contribution is -0.124. The second-order valence-corrected chi connectivity index (χ2v) is 7.95. The van der Waals surface area contributed by atoms with Crippen molar-refractivity contribution < 1.29 is 14.3 Å². The second kappa shape index (κ2) is 9.59. The van der Waals surface area contributed by atoms with Crippen molar-refractivity contribution in [2.75, 3.05) is 23.3 Å². The van der Waals surface area contributed by atoms with Crippen LogP contribution < -0.4 is 15.0 Å². The molecule has 1 aliphatic heterocycles. The van der Waals surface area contributed by atoms with E-state index in [0.29, 0.717) is 17.0 Å². The topological polar surface area (TPSA) is 87.5 Å². The van der Waals surface area contributed by atoms with Crippen molar-refractivity contribution in [1.82, 2.24) is 4.98 Å². The normalized spacial score (nSPS) is 19.8. The van der Waals surface area contributed by atoms with Gasteiger partial charge in [0.15, 0.2) is 6.10 Å². The summed E-state index contributed by atoms with van der Waals surface area (Å²) in [6.45, 7) is 9.47. The number of hydrogen-bond acceptors (Lipinski definition) is 6. The van der Waals surface area contributed by atoms with Gasteiger partial charge in [-0.3, -0.25) is 4.79 Å². The predicted molar refractivity (Wildman–Crippen MR) is 115 cm³/mol. The number of carbonyl (C=O) groups is 1. The molecule has 3 rings (SSSR count). The van der Waals surface area contributed by atoms with Crippen molar-refractivity contribution in [3.63, 3.8) is 0 Å². The molecule has 0 saturated carbocycles. The lowest BCUT2D eigenvalue weighted by atomic mass is 10.1. The van der Waals surface area contributed by atoms with Crippen LogP contribution in [0.4, 0.5) is 11.5 Å². The number of morpholine rings is 1.